The van der Waals surface area contributed by atoms with Gasteiger partial charge in [0.1, 0.15) is 0 Å². The van der Waals surface area contributed by atoms with Gasteiger partial charge >= 0.3 is 11.9 Å². The second-order valence-electron chi connectivity index (χ2n) is 16.7. The number of carbonyl (C=O) groups excluding carboxylic acids is 2. The van der Waals surface area contributed by atoms with Crippen molar-refractivity contribution in [1.29, 1.82) is 0 Å². The maximum Gasteiger partial charge on any atom is 0.339 e. The van der Waals surface area contributed by atoms with E-state index in [-0.39, 0.29) is 23.3 Å². The molecule has 6 nitrogen and oxygen atoms in total. The molecule has 2 atom stereocenters. The van der Waals surface area contributed by atoms with Crippen molar-refractivity contribution in [3.05, 3.63) is 35.4 Å². The van der Waals surface area contributed by atoms with Crippen LogP contribution < -0.4 is 0 Å². The molecule has 1 rings (SSSR count). The molecule has 1 aromatic carbocycles. The van der Waals surface area contributed by atoms with E-state index in [1.807, 2.05) is 0 Å². The quantitative estimate of drug-likeness (QED) is 0.0495. The van der Waals surface area contributed by atoms with Gasteiger partial charge in [0.2, 0.25) is 0 Å². The Labute approximate surface area is 366 Å². The largest absolute Gasteiger partial charge is 0.462 e. The van der Waals surface area contributed by atoms with Crippen molar-refractivity contribution in [2.75, 3.05) is 36.2 Å². The van der Waals surface area contributed by atoms with Crippen LogP contribution in [0, 0.1) is 0 Å². The molecule has 0 saturated carbocycles. The SMILES string of the molecule is CCCCCCCCCCCCCCCC(O)CCSCCCOC(=O)c1ccccc1C(=O)OCCCSCCC(O)CCCCCCCCCCCCCCC. The molecule has 1 aromatic rings. The summed E-state index contributed by atoms with van der Waals surface area (Å²) in [5.41, 5.74) is 0.478. The predicted molar refractivity (Wildman–Crippen MR) is 253 cm³/mol. The first-order chi connectivity index (χ1) is 28.5. The number of esters is 2. The minimum Gasteiger partial charge on any atom is -0.462 e. The normalized spacial score (nSPS) is 12.5. The van der Waals surface area contributed by atoms with Crippen LogP contribution in [0.15, 0.2) is 24.3 Å². The summed E-state index contributed by atoms with van der Waals surface area (Å²) in [6, 6.07) is 6.70. The first-order valence-corrected chi connectivity index (χ1v) is 26.7. The van der Waals surface area contributed by atoms with Crippen molar-refractivity contribution in [2.45, 2.75) is 232 Å². The van der Waals surface area contributed by atoms with E-state index in [1.54, 1.807) is 47.8 Å². The number of rotatable bonds is 44. The molecule has 0 amide bonds. The Morgan fingerprint density at radius 1 is 0.431 bits per heavy atom. The van der Waals surface area contributed by atoms with Gasteiger partial charge < -0.3 is 19.7 Å². The average molecular weight is 851 g/mol. The van der Waals surface area contributed by atoms with Gasteiger partial charge in [-0.3, -0.25) is 0 Å². The summed E-state index contributed by atoms with van der Waals surface area (Å²) < 4.78 is 11.0. The monoisotopic (exact) mass is 851 g/mol. The molecule has 2 unspecified atom stereocenters. The van der Waals surface area contributed by atoms with E-state index < -0.39 is 11.9 Å². The molecule has 8 heteroatoms. The Morgan fingerprint density at radius 2 is 0.724 bits per heavy atom. The lowest BCUT2D eigenvalue weighted by atomic mass is 10.0. The highest BCUT2D eigenvalue weighted by Gasteiger charge is 2.19. The number of aliphatic hydroxyl groups is 2. The van der Waals surface area contributed by atoms with Crippen molar-refractivity contribution in [3.63, 3.8) is 0 Å². The van der Waals surface area contributed by atoms with Crippen LogP contribution in [0.3, 0.4) is 0 Å². The summed E-state index contributed by atoms with van der Waals surface area (Å²) >= 11 is 3.57. The highest BCUT2D eigenvalue weighted by Crippen LogP contribution is 2.18. The molecule has 0 fully saturated rings. The van der Waals surface area contributed by atoms with E-state index in [9.17, 15) is 19.8 Å². The van der Waals surface area contributed by atoms with Crippen molar-refractivity contribution in [3.8, 4) is 0 Å². The van der Waals surface area contributed by atoms with Gasteiger partial charge in [0.25, 0.3) is 0 Å². The van der Waals surface area contributed by atoms with Gasteiger partial charge in [-0.1, -0.05) is 193 Å². The third-order valence-corrected chi connectivity index (χ3v) is 13.4. The number of ether oxygens (including phenoxy) is 2. The maximum atomic E-state index is 12.8. The lowest BCUT2D eigenvalue weighted by Crippen LogP contribution is -2.15. The molecule has 0 bridgehead atoms. The van der Waals surface area contributed by atoms with Gasteiger partial charge in [0.15, 0.2) is 0 Å². The number of unbranched alkanes of at least 4 members (excludes halogenated alkanes) is 24. The van der Waals surface area contributed by atoms with Crippen molar-refractivity contribution >= 4 is 35.5 Å². The topological polar surface area (TPSA) is 93.1 Å². The lowest BCUT2D eigenvalue weighted by molar-refractivity contribution is 0.0459. The highest BCUT2D eigenvalue weighted by molar-refractivity contribution is 7.99. The molecule has 0 saturated heterocycles. The minimum atomic E-state index is -0.501. The summed E-state index contributed by atoms with van der Waals surface area (Å²) in [7, 11) is 0. The fourth-order valence-electron chi connectivity index (χ4n) is 7.37. The number of benzene rings is 1. The van der Waals surface area contributed by atoms with E-state index >= 15 is 0 Å². The minimum absolute atomic E-state index is 0.226. The smallest absolute Gasteiger partial charge is 0.339 e. The number of hydrogen-bond donors (Lipinski definition) is 2. The predicted octanol–water partition coefficient (Wildman–Crippen LogP) is 14.7. The number of aliphatic hydroxyl groups excluding tert-OH is 2. The van der Waals surface area contributed by atoms with Crippen LogP contribution in [-0.2, 0) is 9.47 Å². The fourth-order valence-corrected chi connectivity index (χ4v) is 9.30. The summed E-state index contributed by atoms with van der Waals surface area (Å²) in [4.78, 5) is 25.6. The van der Waals surface area contributed by atoms with Crippen molar-refractivity contribution < 1.29 is 29.3 Å². The van der Waals surface area contributed by atoms with Crippen LogP contribution in [0.2, 0.25) is 0 Å². The van der Waals surface area contributed by atoms with Crippen LogP contribution >= 0.6 is 23.5 Å². The summed E-state index contributed by atoms with van der Waals surface area (Å²) in [5, 5.41) is 20.7. The Bertz CT molecular complexity index is 974. The Morgan fingerprint density at radius 3 is 1.03 bits per heavy atom. The van der Waals surface area contributed by atoms with Crippen molar-refractivity contribution in [2.24, 2.45) is 0 Å². The van der Waals surface area contributed by atoms with Crippen molar-refractivity contribution in [1.82, 2.24) is 0 Å². The molecule has 0 radical (unpaired) electrons. The molecule has 0 aromatic heterocycles. The third kappa shape index (κ3) is 34.5. The molecule has 338 valence electrons. The van der Waals surface area contributed by atoms with Crippen LogP contribution in [-0.4, -0.2) is 70.6 Å². The van der Waals surface area contributed by atoms with E-state index in [1.165, 1.54) is 154 Å². The van der Waals surface area contributed by atoms with E-state index in [0.29, 0.717) is 13.2 Å². The molecule has 0 heterocycles. The second-order valence-corrected chi connectivity index (χ2v) is 19.1. The zero-order valence-electron chi connectivity index (χ0n) is 37.7. The van der Waals surface area contributed by atoms with Gasteiger partial charge in [-0.05, 0) is 73.7 Å². The zero-order chi connectivity index (χ0) is 42.0. The summed E-state index contributed by atoms with van der Waals surface area (Å²) in [6.45, 7) is 5.13. The van der Waals surface area contributed by atoms with E-state index in [0.717, 1.165) is 74.4 Å². The molecule has 0 aliphatic rings. The maximum absolute atomic E-state index is 12.8. The number of carbonyl (C=O) groups is 2. The molecule has 58 heavy (non-hydrogen) atoms. The lowest BCUT2D eigenvalue weighted by Gasteiger charge is -2.11. The fraction of sp³-hybridized carbons (Fsp3) is 0.840. The zero-order valence-corrected chi connectivity index (χ0v) is 39.3. The van der Waals surface area contributed by atoms with E-state index in [2.05, 4.69) is 13.8 Å². The number of thioether (sulfide) groups is 2. The van der Waals surface area contributed by atoms with Gasteiger partial charge in [-0.2, -0.15) is 23.5 Å². The first-order valence-electron chi connectivity index (χ1n) is 24.4. The Hall–Kier alpha value is -1.22. The van der Waals surface area contributed by atoms with Gasteiger partial charge in [0, 0.05) is 0 Å². The van der Waals surface area contributed by atoms with Crippen LogP contribution in [0.25, 0.3) is 0 Å². The van der Waals surface area contributed by atoms with Crippen LogP contribution in [0.5, 0.6) is 0 Å². The third-order valence-electron chi connectivity index (χ3n) is 11.2. The molecule has 2 N–H and O–H groups in total. The molecule has 0 aliphatic carbocycles. The Balaban J connectivity index is 2.00. The first kappa shape index (κ1) is 54.8. The molecule has 0 aliphatic heterocycles. The summed E-state index contributed by atoms with van der Waals surface area (Å²) in [6.07, 6.45) is 39.2. The Kier molecular flexibility index (Phi) is 40.1. The van der Waals surface area contributed by atoms with Gasteiger partial charge in [0.05, 0.1) is 36.5 Å². The van der Waals surface area contributed by atoms with Crippen LogP contribution in [0.4, 0.5) is 0 Å². The van der Waals surface area contributed by atoms with Gasteiger partial charge in [-0.15, -0.1) is 0 Å². The summed E-state index contributed by atoms with van der Waals surface area (Å²) in [5.74, 6) is 2.53. The van der Waals surface area contributed by atoms with E-state index in [4.69, 9.17) is 9.47 Å². The van der Waals surface area contributed by atoms with Crippen LogP contribution in [0.1, 0.15) is 240 Å². The standard InChI is InChI=1S/C50H90O6S2/c1-3-5-7-9-11-13-15-17-19-21-23-25-27-33-45(51)37-43-57-41-31-39-55-49(53)47-35-29-30-36-48(47)50(54)56-40-32-42-58-44-38-46(52)34-28-26-24-22-20-18-16-14-12-10-8-6-4-2/h29-30,35-36,45-46,51-52H,3-28,31-34,37-44H2,1-2H3. The molecular formula is C50H90O6S2. The van der Waals surface area contributed by atoms with Gasteiger partial charge in [-0.25, -0.2) is 9.59 Å². The highest BCUT2D eigenvalue weighted by atomic mass is 32.2. The number of hydrogen-bond acceptors (Lipinski definition) is 8. The molecular weight excluding hydrogens is 761 g/mol. The second kappa shape index (κ2) is 42.5. The average Bonchev–Trinajstić information content (AvgIpc) is 3.23. The molecule has 0 spiro atoms.